The van der Waals surface area contributed by atoms with Crippen LogP contribution in [0.25, 0.3) is 38.6 Å². The fraction of sp³-hybridized carbons (Fsp3) is 0.0541. The van der Waals surface area contributed by atoms with Crippen molar-refractivity contribution in [3.63, 3.8) is 0 Å². The Hall–Kier alpha value is -5.08. The van der Waals surface area contributed by atoms with Gasteiger partial charge in [-0.15, -0.1) is 5.73 Å². The number of aromatic nitrogens is 1. The normalized spacial score (nSPS) is 19.6. The number of benzene rings is 4. The molecule has 4 aromatic carbocycles. The van der Waals surface area contributed by atoms with E-state index >= 15 is 0 Å². The van der Waals surface area contributed by atoms with Gasteiger partial charge in [0.2, 0.25) is 0 Å². The predicted molar refractivity (Wildman–Crippen MR) is 163 cm³/mol. The smallest absolute Gasteiger partial charge is 0.140 e. The summed E-state index contributed by atoms with van der Waals surface area (Å²) < 4.78 is 9.03. The second-order valence-electron chi connectivity index (χ2n) is 10.4. The van der Waals surface area contributed by atoms with E-state index in [4.69, 9.17) is 10.5 Å². The summed E-state index contributed by atoms with van der Waals surface area (Å²) in [4.78, 5) is 0. The quantitative estimate of drug-likeness (QED) is 0.195. The molecule has 0 bridgehead atoms. The van der Waals surface area contributed by atoms with Crippen LogP contribution in [-0.2, 0) is 10.2 Å². The molecule has 3 heteroatoms. The lowest BCUT2D eigenvalue weighted by molar-refractivity contribution is 0.315. The molecule has 2 heterocycles. The summed E-state index contributed by atoms with van der Waals surface area (Å²) >= 11 is 0. The Morgan fingerprint density at radius 2 is 1.65 bits per heavy atom. The highest BCUT2D eigenvalue weighted by Gasteiger charge is 2.55. The molecular weight excluding hydrogens is 488 g/mol. The van der Waals surface area contributed by atoms with Gasteiger partial charge in [-0.05, 0) is 70.3 Å². The predicted octanol–water partition coefficient (Wildman–Crippen LogP) is 8.01. The van der Waals surface area contributed by atoms with Crippen molar-refractivity contribution in [3.8, 4) is 16.8 Å². The third kappa shape index (κ3) is 2.88. The maximum Gasteiger partial charge on any atom is 0.140 e. The van der Waals surface area contributed by atoms with E-state index in [9.17, 15) is 0 Å². The molecular formula is C37H26N2O. The van der Waals surface area contributed by atoms with Crippen molar-refractivity contribution in [2.75, 3.05) is 6.54 Å². The van der Waals surface area contributed by atoms with Gasteiger partial charge in [0.1, 0.15) is 16.9 Å². The van der Waals surface area contributed by atoms with Crippen molar-refractivity contribution in [1.82, 2.24) is 4.57 Å². The van der Waals surface area contributed by atoms with Crippen LogP contribution in [0.5, 0.6) is 0 Å². The lowest BCUT2D eigenvalue weighted by Crippen LogP contribution is -2.27. The highest BCUT2D eigenvalue weighted by atomic mass is 16.5. The van der Waals surface area contributed by atoms with Gasteiger partial charge >= 0.3 is 0 Å². The number of para-hydroxylation sites is 2. The van der Waals surface area contributed by atoms with E-state index in [0.29, 0.717) is 6.54 Å². The Morgan fingerprint density at radius 1 is 0.850 bits per heavy atom. The highest BCUT2D eigenvalue weighted by Crippen LogP contribution is 2.62. The number of nitrogens with two attached hydrogens (primary N) is 1. The Morgan fingerprint density at radius 3 is 2.50 bits per heavy atom. The number of rotatable bonds is 4. The maximum atomic E-state index is 6.66. The van der Waals surface area contributed by atoms with Crippen molar-refractivity contribution < 1.29 is 4.74 Å². The van der Waals surface area contributed by atoms with E-state index in [0.717, 1.165) is 28.4 Å². The van der Waals surface area contributed by atoms with Crippen LogP contribution in [0, 0.1) is 0 Å². The molecule has 2 aliphatic carbocycles. The first kappa shape index (κ1) is 22.9. The Balaban J connectivity index is 1.53. The Kier molecular flexibility index (Phi) is 4.84. The minimum absolute atomic E-state index is 0.390. The van der Waals surface area contributed by atoms with Crippen LogP contribution in [0.1, 0.15) is 11.1 Å². The first-order valence-corrected chi connectivity index (χ1v) is 13.6. The molecule has 1 spiro atoms. The zero-order valence-electron chi connectivity index (χ0n) is 21.9. The Bertz CT molecular complexity index is 2060. The van der Waals surface area contributed by atoms with E-state index in [1.165, 1.54) is 44.1 Å². The maximum absolute atomic E-state index is 6.66. The molecule has 2 N–H and O–H groups in total. The van der Waals surface area contributed by atoms with E-state index in [2.05, 4.69) is 120 Å². The van der Waals surface area contributed by atoms with Gasteiger partial charge in [-0.3, -0.25) is 0 Å². The van der Waals surface area contributed by atoms with E-state index in [1.807, 2.05) is 12.2 Å². The molecule has 1 atom stereocenters. The van der Waals surface area contributed by atoms with E-state index in [-0.39, 0.29) is 0 Å². The number of nitrogens with zero attached hydrogens (tertiary/aromatic N) is 1. The molecule has 1 aromatic heterocycles. The van der Waals surface area contributed by atoms with Crippen LogP contribution >= 0.6 is 0 Å². The molecule has 1 aliphatic heterocycles. The number of allylic oxidation sites excluding steroid dienone is 4. The number of ether oxygens (including phenoxy) is 1. The molecule has 0 radical (unpaired) electrons. The summed E-state index contributed by atoms with van der Waals surface area (Å²) in [7, 11) is 0. The molecule has 0 saturated heterocycles. The molecule has 8 rings (SSSR count). The molecule has 1 unspecified atom stereocenters. The van der Waals surface area contributed by atoms with Gasteiger partial charge in [-0.25, -0.2) is 0 Å². The summed E-state index contributed by atoms with van der Waals surface area (Å²) in [5, 5.41) is 2.47. The lowest BCUT2D eigenvalue weighted by atomic mass is 9.71. The standard InChI is InChI=1S/C37H26N2O/c1-2-11-24(23-38)20-36-37(31-17-10-19-35(31)40-36)30-16-8-6-14-26(30)28-21-29-27-15-7-9-18-33(27)39(34(29)22-32(28)37)25-12-4-3-5-13-25/h2-9,11-22H,1,23,38H2/b24-11+,36-20-. The summed E-state index contributed by atoms with van der Waals surface area (Å²) in [6, 6.07) is 32.8. The topological polar surface area (TPSA) is 40.2 Å². The molecule has 5 aromatic rings. The second kappa shape index (κ2) is 8.46. The third-order valence-corrected chi connectivity index (χ3v) is 8.44. The average molecular weight is 515 g/mol. The summed E-state index contributed by atoms with van der Waals surface area (Å²) in [6.07, 6.45) is 9.86. The van der Waals surface area contributed by atoms with Gasteiger partial charge in [0, 0.05) is 34.7 Å². The van der Waals surface area contributed by atoms with Crippen molar-refractivity contribution >= 4 is 21.8 Å². The minimum Gasteiger partial charge on any atom is -0.459 e. The summed E-state index contributed by atoms with van der Waals surface area (Å²) in [5.74, 6) is 1.70. The Labute approximate surface area is 232 Å². The van der Waals surface area contributed by atoms with Crippen LogP contribution in [0.4, 0.5) is 0 Å². The van der Waals surface area contributed by atoms with Gasteiger partial charge in [0.25, 0.3) is 0 Å². The van der Waals surface area contributed by atoms with Crippen LogP contribution in [0.3, 0.4) is 0 Å². The van der Waals surface area contributed by atoms with Crippen LogP contribution < -0.4 is 5.73 Å². The van der Waals surface area contributed by atoms with Gasteiger partial charge in [0.05, 0.1) is 11.0 Å². The SMILES string of the molecule is C=C/C=C(\C=C1/OC2=C(C=C=C2)C12c1ccccc1-c1cc3c4ccccc4n(-c4ccccc4)c3cc12)CN. The first-order valence-electron chi connectivity index (χ1n) is 13.6. The highest BCUT2D eigenvalue weighted by molar-refractivity contribution is 6.12. The van der Waals surface area contributed by atoms with Crippen molar-refractivity contribution in [3.05, 3.63) is 167 Å². The molecule has 40 heavy (non-hydrogen) atoms. The first-order chi connectivity index (χ1) is 19.8. The molecule has 190 valence electrons. The third-order valence-electron chi connectivity index (χ3n) is 8.44. The molecule has 0 saturated carbocycles. The van der Waals surface area contributed by atoms with Crippen LogP contribution in [0.15, 0.2) is 156 Å². The van der Waals surface area contributed by atoms with Gasteiger partial charge in [-0.1, -0.05) is 79.4 Å². The van der Waals surface area contributed by atoms with Gasteiger partial charge < -0.3 is 15.0 Å². The molecule has 3 aliphatic rings. The fourth-order valence-electron chi connectivity index (χ4n) is 6.84. The minimum atomic E-state index is -0.608. The zero-order valence-corrected chi connectivity index (χ0v) is 21.9. The number of hydrogen-bond donors (Lipinski definition) is 1. The van der Waals surface area contributed by atoms with E-state index < -0.39 is 5.41 Å². The van der Waals surface area contributed by atoms with Gasteiger partial charge in [0.15, 0.2) is 0 Å². The zero-order chi connectivity index (χ0) is 26.8. The monoisotopic (exact) mass is 514 g/mol. The number of fused-ring (bicyclic) bond motifs is 9. The fourth-order valence-corrected chi connectivity index (χ4v) is 6.84. The molecule has 0 amide bonds. The second-order valence-corrected chi connectivity index (χ2v) is 10.4. The largest absolute Gasteiger partial charge is 0.459 e. The van der Waals surface area contributed by atoms with Crippen LogP contribution in [-0.4, -0.2) is 11.1 Å². The lowest BCUT2D eigenvalue weighted by Gasteiger charge is -2.29. The van der Waals surface area contributed by atoms with Crippen molar-refractivity contribution in [2.24, 2.45) is 5.73 Å². The van der Waals surface area contributed by atoms with Crippen molar-refractivity contribution in [2.45, 2.75) is 5.41 Å². The van der Waals surface area contributed by atoms with E-state index in [1.54, 1.807) is 6.08 Å². The van der Waals surface area contributed by atoms with Crippen molar-refractivity contribution in [1.29, 1.82) is 0 Å². The molecule has 3 nitrogen and oxygen atoms in total. The average Bonchev–Trinajstić information content (AvgIpc) is 3.73. The molecule has 0 fully saturated rings. The summed E-state index contributed by atoms with van der Waals surface area (Å²) in [6.45, 7) is 4.29. The van der Waals surface area contributed by atoms with Gasteiger partial charge in [-0.2, -0.15) is 0 Å². The number of hydrogen-bond acceptors (Lipinski definition) is 2. The van der Waals surface area contributed by atoms with Crippen LogP contribution in [0.2, 0.25) is 0 Å². The summed E-state index contributed by atoms with van der Waals surface area (Å²) in [5.41, 5.74) is 19.3.